The largest absolute Gasteiger partial charge is 0.378 e. The van der Waals surface area contributed by atoms with Gasteiger partial charge < -0.3 is 5.32 Å². The Balaban J connectivity index is 1.65. The standard InChI is InChI=1S/C15H15N3S/c1-2-13(12-6-7-19-15(12)3-1)17-11-5-4-10-9-16-18-14(10)8-11/h4-9,13,17H,1-3H2,(H,16,18). The summed E-state index contributed by atoms with van der Waals surface area (Å²) in [6, 6.07) is 9.11. The molecule has 1 atom stereocenters. The van der Waals surface area contributed by atoms with E-state index >= 15 is 0 Å². The zero-order chi connectivity index (χ0) is 12.7. The van der Waals surface area contributed by atoms with E-state index in [1.165, 1.54) is 30.5 Å². The minimum atomic E-state index is 0.454. The maximum atomic E-state index is 4.07. The fraction of sp³-hybridized carbons (Fsp3) is 0.267. The molecule has 0 aliphatic heterocycles. The van der Waals surface area contributed by atoms with Crippen LogP contribution < -0.4 is 5.32 Å². The summed E-state index contributed by atoms with van der Waals surface area (Å²) in [5, 5.41) is 14.1. The van der Waals surface area contributed by atoms with Crippen LogP contribution in [0.5, 0.6) is 0 Å². The van der Waals surface area contributed by atoms with Gasteiger partial charge in [0.2, 0.25) is 0 Å². The predicted molar refractivity (Wildman–Crippen MR) is 79.7 cm³/mol. The normalized spacial score (nSPS) is 18.4. The fourth-order valence-electron chi connectivity index (χ4n) is 2.86. The van der Waals surface area contributed by atoms with Crippen molar-refractivity contribution >= 4 is 27.9 Å². The number of thiophene rings is 1. The summed E-state index contributed by atoms with van der Waals surface area (Å²) in [5.74, 6) is 0. The van der Waals surface area contributed by atoms with Crippen LogP contribution >= 0.6 is 11.3 Å². The number of nitrogens with zero attached hydrogens (tertiary/aromatic N) is 1. The average molecular weight is 269 g/mol. The number of nitrogens with one attached hydrogen (secondary N) is 2. The Morgan fingerprint density at radius 2 is 2.32 bits per heavy atom. The maximum Gasteiger partial charge on any atom is 0.0670 e. The van der Waals surface area contributed by atoms with Gasteiger partial charge in [0.25, 0.3) is 0 Å². The molecule has 1 aromatic carbocycles. The van der Waals surface area contributed by atoms with Crippen LogP contribution in [0.3, 0.4) is 0 Å². The van der Waals surface area contributed by atoms with Crippen molar-refractivity contribution in [3.63, 3.8) is 0 Å². The van der Waals surface area contributed by atoms with Crippen molar-refractivity contribution in [2.24, 2.45) is 0 Å². The molecule has 0 saturated carbocycles. The van der Waals surface area contributed by atoms with Gasteiger partial charge in [0, 0.05) is 16.0 Å². The number of hydrogen-bond acceptors (Lipinski definition) is 3. The third-order valence-corrected chi connectivity index (χ3v) is 4.83. The molecule has 1 aliphatic rings. The highest BCUT2D eigenvalue weighted by Gasteiger charge is 2.20. The Morgan fingerprint density at radius 1 is 1.32 bits per heavy atom. The zero-order valence-corrected chi connectivity index (χ0v) is 11.3. The Hall–Kier alpha value is -1.81. The van der Waals surface area contributed by atoms with E-state index in [9.17, 15) is 0 Å². The van der Waals surface area contributed by atoms with Crippen molar-refractivity contribution in [2.75, 3.05) is 5.32 Å². The van der Waals surface area contributed by atoms with Crippen LogP contribution in [0, 0.1) is 0 Å². The molecule has 3 nitrogen and oxygen atoms in total. The topological polar surface area (TPSA) is 40.7 Å². The number of hydrogen-bond donors (Lipinski definition) is 2. The number of anilines is 1. The smallest absolute Gasteiger partial charge is 0.0670 e. The molecule has 0 spiro atoms. The molecule has 2 heterocycles. The lowest BCUT2D eigenvalue weighted by Crippen LogP contribution is -2.15. The summed E-state index contributed by atoms with van der Waals surface area (Å²) in [4.78, 5) is 1.55. The van der Waals surface area contributed by atoms with E-state index in [2.05, 4.69) is 45.2 Å². The SMILES string of the molecule is c1cc2c(s1)CCCC2Nc1ccc2cn[nH]c2c1. The van der Waals surface area contributed by atoms with Crippen LogP contribution in [-0.2, 0) is 6.42 Å². The predicted octanol–water partition coefficient (Wildman–Crippen LogP) is 4.11. The molecule has 0 amide bonds. The van der Waals surface area contributed by atoms with Crippen LogP contribution in [0.4, 0.5) is 5.69 Å². The van der Waals surface area contributed by atoms with Gasteiger partial charge in [-0.1, -0.05) is 0 Å². The first-order valence-electron chi connectivity index (χ1n) is 6.66. The van der Waals surface area contributed by atoms with E-state index < -0.39 is 0 Å². The highest BCUT2D eigenvalue weighted by atomic mass is 32.1. The molecule has 0 saturated heterocycles. The van der Waals surface area contributed by atoms with Crippen LogP contribution in [0.1, 0.15) is 29.3 Å². The maximum absolute atomic E-state index is 4.07. The monoisotopic (exact) mass is 269 g/mol. The number of H-pyrrole nitrogens is 1. The van der Waals surface area contributed by atoms with Crippen LogP contribution in [0.15, 0.2) is 35.8 Å². The van der Waals surface area contributed by atoms with E-state index in [-0.39, 0.29) is 0 Å². The summed E-state index contributed by atoms with van der Waals surface area (Å²) in [7, 11) is 0. The molecule has 3 aromatic rings. The van der Waals surface area contributed by atoms with E-state index in [1.807, 2.05) is 17.5 Å². The minimum Gasteiger partial charge on any atom is -0.378 e. The van der Waals surface area contributed by atoms with Gasteiger partial charge in [-0.3, -0.25) is 5.10 Å². The Kier molecular flexibility index (Phi) is 2.55. The third-order valence-electron chi connectivity index (χ3n) is 3.83. The van der Waals surface area contributed by atoms with Gasteiger partial charge in [0.15, 0.2) is 0 Å². The minimum absolute atomic E-state index is 0.454. The van der Waals surface area contributed by atoms with E-state index in [4.69, 9.17) is 0 Å². The Bertz CT molecular complexity index is 713. The molecule has 19 heavy (non-hydrogen) atoms. The van der Waals surface area contributed by atoms with Gasteiger partial charge >= 0.3 is 0 Å². The molecule has 4 heteroatoms. The third kappa shape index (κ3) is 1.92. The van der Waals surface area contributed by atoms with Crippen molar-refractivity contribution in [1.82, 2.24) is 10.2 Å². The first kappa shape index (κ1) is 11.1. The molecule has 0 radical (unpaired) electrons. The highest BCUT2D eigenvalue weighted by molar-refractivity contribution is 7.10. The second kappa shape index (κ2) is 4.38. The number of aryl methyl sites for hydroxylation is 1. The molecular formula is C15H15N3S. The van der Waals surface area contributed by atoms with Gasteiger partial charge in [-0.25, -0.2) is 0 Å². The molecular weight excluding hydrogens is 254 g/mol. The quantitative estimate of drug-likeness (QED) is 0.735. The van der Waals surface area contributed by atoms with Crippen molar-refractivity contribution in [3.8, 4) is 0 Å². The van der Waals surface area contributed by atoms with Crippen molar-refractivity contribution in [2.45, 2.75) is 25.3 Å². The van der Waals surface area contributed by atoms with E-state index in [1.54, 1.807) is 4.88 Å². The Morgan fingerprint density at radius 3 is 3.32 bits per heavy atom. The lowest BCUT2D eigenvalue weighted by molar-refractivity contribution is 0.609. The average Bonchev–Trinajstić information content (AvgIpc) is 3.06. The lowest BCUT2D eigenvalue weighted by Gasteiger charge is -2.24. The van der Waals surface area contributed by atoms with Gasteiger partial charge in [-0.2, -0.15) is 5.10 Å². The van der Waals surface area contributed by atoms with Crippen LogP contribution in [0.2, 0.25) is 0 Å². The summed E-state index contributed by atoms with van der Waals surface area (Å²) in [6.45, 7) is 0. The first-order valence-corrected chi connectivity index (χ1v) is 7.54. The van der Waals surface area contributed by atoms with Gasteiger partial charge in [0.1, 0.15) is 0 Å². The van der Waals surface area contributed by atoms with Crippen molar-refractivity contribution < 1.29 is 0 Å². The van der Waals surface area contributed by atoms with Gasteiger partial charge in [0.05, 0.1) is 17.8 Å². The molecule has 1 aliphatic carbocycles. The van der Waals surface area contributed by atoms with E-state index in [0.717, 1.165) is 10.9 Å². The van der Waals surface area contributed by atoms with E-state index in [0.29, 0.717) is 6.04 Å². The number of aromatic nitrogens is 2. The molecule has 2 aromatic heterocycles. The molecule has 96 valence electrons. The van der Waals surface area contributed by atoms with Gasteiger partial charge in [-0.15, -0.1) is 11.3 Å². The number of benzene rings is 1. The van der Waals surface area contributed by atoms with Crippen LogP contribution in [-0.4, -0.2) is 10.2 Å². The molecule has 0 fully saturated rings. The molecule has 4 rings (SSSR count). The summed E-state index contributed by atoms with van der Waals surface area (Å²) in [6.07, 6.45) is 5.59. The van der Waals surface area contributed by atoms with Crippen molar-refractivity contribution in [3.05, 3.63) is 46.3 Å². The fourth-order valence-corrected chi connectivity index (χ4v) is 3.85. The second-order valence-electron chi connectivity index (χ2n) is 5.06. The van der Waals surface area contributed by atoms with Crippen molar-refractivity contribution in [1.29, 1.82) is 0 Å². The molecule has 2 N–H and O–H groups in total. The Labute approximate surface area is 115 Å². The number of fused-ring (bicyclic) bond motifs is 2. The second-order valence-corrected chi connectivity index (χ2v) is 6.06. The summed E-state index contributed by atoms with van der Waals surface area (Å²) < 4.78 is 0. The number of rotatable bonds is 2. The highest BCUT2D eigenvalue weighted by Crippen LogP contribution is 2.35. The summed E-state index contributed by atoms with van der Waals surface area (Å²) >= 11 is 1.89. The first-order chi connectivity index (χ1) is 9.40. The van der Waals surface area contributed by atoms with Gasteiger partial charge in [-0.05, 0) is 54.5 Å². The molecule has 0 bridgehead atoms. The molecule has 1 unspecified atom stereocenters. The number of aromatic amines is 1. The lowest BCUT2D eigenvalue weighted by atomic mass is 9.94. The van der Waals surface area contributed by atoms with Crippen LogP contribution in [0.25, 0.3) is 10.9 Å². The summed E-state index contributed by atoms with van der Waals surface area (Å²) in [5.41, 5.74) is 3.74. The zero-order valence-electron chi connectivity index (χ0n) is 10.5.